The molecule has 0 saturated heterocycles. The van der Waals surface area contributed by atoms with Gasteiger partial charge in [0.1, 0.15) is 0 Å². The van der Waals surface area contributed by atoms with Crippen LogP contribution in [-0.2, 0) is 10.0 Å². The summed E-state index contributed by atoms with van der Waals surface area (Å²) in [4.78, 5) is 0. The van der Waals surface area contributed by atoms with Crippen molar-refractivity contribution in [3.8, 4) is 0 Å². The van der Waals surface area contributed by atoms with E-state index in [9.17, 15) is 8.42 Å². The summed E-state index contributed by atoms with van der Waals surface area (Å²) in [6, 6.07) is 4.85. The summed E-state index contributed by atoms with van der Waals surface area (Å²) in [6.45, 7) is 0. The maximum Gasteiger partial charge on any atom is 0.233 e. The molecule has 0 unspecified atom stereocenters. The van der Waals surface area contributed by atoms with Crippen LogP contribution in [0.3, 0.4) is 0 Å². The maximum absolute atomic E-state index is 12.0. The molecule has 0 aromatic heterocycles. The van der Waals surface area contributed by atoms with Crippen LogP contribution in [0, 0.1) is 5.92 Å². The van der Waals surface area contributed by atoms with Crippen molar-refractivity contribution < 1.29 is 13.6 Å². The zero-order valence-electron chi connectivity index (χ0n) is 10.0. The van der Waals surface area contributed by atoms with Crippen molar-refractivity contribution in [2.75, 3.05) is 10.5 Å². The number of hydrogen-bond acceptors (Lipinski definition) is 4. The Hall–Kier alpha value is -1.28. The molecular formula is C11H14BrN3O3S. The van der Waals surface area contributed by atoms with E-state index in [-0.39, 0.29) is 17.5 Å². The Kier molecular flexibility index (Phi) is 4.00. The lowest BCUT2D eigenvalue weighted by atomic mass is 10.2. The minimum absolute atomic E-state index is 0.106. The maximum atomic E-state index is 12.0. The van der Waals surface area contributed by atoms with E-state index < -0.39 is 10.0 Å². The van der Waals surface area contributed by atoms with Gasteiger partial charge in [-0.15, -0.1) is 0 Å². The second-order valence-electron chi connectivity index (χ2n) is 4.50. The highest BCUT2D eigenvalue weighted by Gasteiger charge is 2.28. The van der Waals surface area contributed by atoms with Gasteiger partial charge >= 0.3 is 0 Å². The lowest BCUT2D eigenvalue weighted by Crippen LogP contribution is -2.22. The third-order valence-corrected chi connectivity index (χ3v) is 4.72. The Morgan fingerprint density at radius 3 is 2.79 bits per heavy atom. The molecule has 1 aromatic rings. The number of anilines is 1. The molecule has 0 spiro atoms. The second-order valence-corrected chi connectivity index (χ2v) is 7.18. The van der Waals surface area contributed by atoms with Crippen molar-refractivity contribution in [1.82, 2.24) is 0 Å². The van der Waals surface area contributed by atoms with Crippen molar-refractivity contribution in [3.05, 3.63) is 28.2 Å². The van der Waals surface area contributed by atoms with Gasteiger partial charge in [-0.2, -0.15) is 0 Å². The minimum atomic E-state index is -3.42. The summed E-state index contributed by atoms with van der Waals surface area (Å²) in [6.07, 6.45) is 1.90. The third kappa shape index (κ3) is 3.84. The fourth-order valence-electron chi connectivity index (χ4n) is 1.68. The van der Waals surface area contributed by atoms with E-state index in [2.05, 4.69) is 25.8 Å². The average molecular weight is 348 g/mol. The Bertz CT molecular complexity index is 612. The number of rotatable bonds is 5. The smallest absolute Gasteiger partial charge is 0.233 e. The van der Waals surface area contributed by atoms with Crippen molar-refractivity contribution >= 4 is 37.5 Å². The Balaban J connectivity index is 2.29. The summed E-state index contributed by atoms with van der Waals surface area (Å²) in [5.74, 6) is 0.211. The zero-order chi connectivity index (χ0) is 14.0. The first-order valence-electron chi connectivity index (χ1n) is 5.69. The van der Waals surface area contributed by atoms with E-state index in [1.165, 1.54) is 0 Å². The number of nitrogens with zero attached hydrogens (tertiary/aromatic N) is 1. The largest absolute Gasteiger partial charge is 0.409 e. The quantitative estimate of drug-likeness (QED) is 0.326. The lowest BCUT2D eigenvalue weighted by molar-refractivity contribution is 0.318. The number of oxime groups is 1. The second kappa shape index (κ2) is 5.38. The summed E-state index contributed by atoms with van der Waals surface area (Å²) in [5.41, 5.74) is 6.16. The zero-order valence-corrected chi connectivity index (χ0v) is 12.4. The van der Waals surface area contributed by atoms with Crippen LogP contribution in [0.2, 0.25) is 0 Å². The fraction of sp³-hybridized carbons (Fsp3) is 0.364. The predicted octanol–water partition coefficient (Wildman–Crippen LogP) is 1.70. The molecule has 0 heterocycles. The van der Waals surface area contributed by atoms with E-state index in [0.29, 0.717) is 15.7 Å². The SMILES string of the molecule is N/C(=N/O)c1ccc(Br)cc1NS(=O)(=O)CC1CC1. The number of hydrogen-bond donors (Lipinski definition) is 3. The van der Waals surface area contributed by atoms with E-state index in [4.69, 9.17) is 10.9 Å². The fourth-order valence-corrected chi connectivity index (χ4v) is 3.58. The van der Waals surface area contributed by atoms with Crippen LogP contribution in [0.1, 0.15) is 18.4 Å². The van der Waals surface area contributed by atoms with Gasteiger partial charge in [0.05, 0.1) is 11.4 Å². The van der Waals surface area contributed by atoms with Gasteiger partial charge in [0.25, 0.3) is 0 Å². The molecule has 0 atom stereocenters. The molecule has 6 nitrogen and oxygen atoms in total. The number of amidine groups is 1. The van der Waals surface area contributed by atoms with Crippen molar-refractivity contribution in [2.45, 2.75) is 12.8 Å². The van der Waals surface area contributed by atoms with Crippen LogP contribution in [-0.4, -0.2) is 25.2 Å². The molecule has 1 aliphatic carbocycles. The molecule has 1 saturated carbocycles. The summed E-state index contributed by atoms with van der Waals surface area (Å²) < 4.78 is 27.1. The van der Waals surface area contributed by atoms with Crippen molar-refractivity contribution in [3.63, 3.8) is 0 Å². The minimum Gasteiger partial charge on any atom is -0.409 e. The first-order valence-corrected chi connectivity index (χ1v) is 8.14. The Morgan fingerprint density at radius 1 is 1.53 bits per heavy atom. The lowest BCUT2D eigenvalue weighted by Gasteiger charge is -2.12. The van der Waals surface area contributed by atoms with Gasteiger partial charge in [-0.05, 0) is 37.0 Å². The molecule has 0 aliphatic heterocycles. The van der Waals surface area contributed by atoms with Gasteiger partial charge in [-0.25, -0.2) is 8.42 Å². The van der Waals surface area contributed by atoms with Crippen LogP contribution in [0.4, 0.5) is 5.69 Å². The topological polar surface area (TPSA) is 105 Å². The highest BCUT2D eigenvalue weighted by atomic mass is 79.9. The number of benzene rings is 1. The molecule has 104 valence electrons. The van der Waals surface area contributed by atoms with Gasteiger partial charge < -0.3 is 10.9 Å². The standard InChI is InChI=1S/C11H14BrN3O3S/c12-8-3-4-9(11(13)14-16)10(5-8)15-19(17,18)6-7-1-2-7/h3-5,7,15-16H,1-2,6H2,(H2,13,14). The molecule has 19 heavy (non-hydrogen) atoms. The first-order chi connectivity index (χ1) is 8.91. The van der Waals surface area contributed by atoms with E-state index in [1.54, 1.807) is 18.2 Å². The molecule has 0 amide bonds. The number of halogens is 1. The average Bonchev–Trinajstić information content (AvgIpc) is 3.10. The van der Waals surface area contributed by atoms with Crippen molar-refractivity contribution in [1.29, 1.82) is 0 Å². The number of nitrogens with two attached hydrogens (primary N) is 1. The molecule has 4 N–H and O–H groups in total. The molecule has 1 fully saturated rings. The van der Waals surface area contributed by atoms with Crippen LogP contribution < -0.4 is 10.5 Å². The van der Waals surface area contributed by atoms with Crippen molar-refractivity contribution in [2.24, 2.45) is 16.8 Å². The van der Waals surface area contributed by atoms with Gasteiger partial charge in [0.15, 0.2) is 5.84 Å². The van der Waals surface area contributed by atoms with Gasteiger partial charge in [0, 0.05) is 10.0 Å². The van der Waals surface area contributed by atoms with E-state index >= 15 is 0 Å². The first kappa shape index (κ1) is 14.1. The summed E-state index contributed by atoms with van der Waals surface area (Å²) >= 11 is 3.26. The summed E-state index contributed by atoms with van der Waals surface area (Å²) in [7, 11) is -3.42. The molecule has 2 rings (SSSR count). The summed E-state index contributed by atoms with van der Waals surface area (Å²) in [5, 5.41) is 11.6. The van der Waals surface area contributed by atoms with Gasteiger partial charge in [-0.3, -0.25) is 4.72 Å². The third-order valence-electron chi connectivity index (χ3n) is 2.78. The Morgan fingerprint density at radius 2 is 2.21 bits per heavy atom. The predicted molar refractivity (Wildman–Crippen MR) is 76.8 cm³/mol. The highest BCUT2D eigenvalue weighted by Crippen LogP contribution is 2.31. The highest BCUT2D eigenvalue weighted by molar-refractivity contribution is 9.10. The van der Waals surface area contributed by atoms with E-state index in [0.717, 1.165) is 12.8 Å². The van der Waals surface area contributed by atoms with Gasteiger partial charge in [0.2, 0.25) is 10.0 Å². The van der Waals surface area contributed by atoms with Crippen LogP contribution >= 0.6 is 15.9 Å². The molecule has 1 aliphatic rings. The van der Waals surface area contributed by atoms with Crippen LogP contribution in [0.15, 0.2) is 27.8 Å². The number of nitrogens with one attached hydrogen (secondary N) is 1. The monoisotopic (exact) mass is 347 g/mol. The van der Waals surface area contributed by atoms with Crippen LogP contribution in [0.5, 0.6) is 0 Å². The Labute approximate surface area is 119 Å². The molecule has 1 aromatic carbocycles. The molecule has 0 radical (unpaired) electrons. The number of sulfonamides is 1. The normalized spacial score (nSPS) is 16.4. The van der Waals surface area contributed by atoms with E-state index in [1.807, 2.05) is 0 Å². The molecular weight excluding hydrogens is 334 g/mol. The van der Waals surface area contributed by atoms with Crippen LogP contribution in [0.25, 0.3) is 0 Å². The van der Waals surface area contributed by atoms with Gasteiger partial charge in [-0.1, -0.05) is 21.1 Å². The molecule has 8 heteroatoms. The molecule has 0 bridgehead atoms.